The number of hydrogen-bond acceptors (Lipinski definition) is 9. The van der Waals surface area contributed by atoms with Gasteiger partial charge in [-0.15, -0.1) is 0 Å². The molecule has 42 heavy (non-hydrogen) atoms. The lowest BCUT2D eigenvalue weighted by molar-refractivity contribution is -0.136. The van der Waals surface area contributed by atoms with Crippen molar-refractivity contribution < 1.29 is 33.6 Å². The van der Waals surface area contributed by atoms with E-state index in [-0.39, 0.29) is 12.2 Å². The van der Waals surface area contributed by atoms with Crippen LogP contribution in [0.15, 0.2) is 89.2 Å². The van der Waals surface area contributed by atoms with E-state index in [1.54, 1.807) is 31.3 Å². The van der Waals surface area contributed by atoms with Crippen LogP contribution in [0.1, 0.15) is 36.6 Å². The standard InChI is InChI=1S/C31H34N4O7/c1-4-40-26-16-23(29-28(30(37)39-3)20(2)33-31(38)34-29)13-14-25(26)42-19-27(36)35-32-17-22-11-8-12-24(15-22)41-18-21-9-6-5-7-10-21/h5-17,27,29,35-36H,4,18-19H2,1-3H3,(H2,33,34,38)/b32-17+/t27-,29+/m1/s1. The maximum Gasteiger partial charge on any atom is 0.337 e. The number of nitrogens with one attached hydrogen (secondary N) is 3. The maximum absolute atomic E-state index is 12.4. The first-order valence-corrected chi connectivity index (χ1v) is 13.4. The second kappa shape index (κ2) is 14.6. The van der Waals surface area contributed by atoms with E-state index < -0.39 is 24.3 Å². The van der Waals surface area contributed by atoms with Gasteiger partial charge >= 0.3 is 12.0 Å². The molecule has 0 aliphatic carbocycles. The third-order valence-electron chi connectivity index (χ3n) is 6.22. The molecule has 1 aliphatic heterocycles. The van der Waals surface area contributed by atoms with Crippen LogP contribution in [0.25, 0.3) is 0 Å². The number of nitrogens with zero attached hydrogens (tertiary/aromatic N) is 1. The smallest absolute Gasteiger partial charge is 0.337 e. The largest absolute Gasteiger partial charge is 0.490 e. The molecule has 1 heterocycles. The van der Waals surface area contributed by atoms with Gasteiger partial charge < -0.3 is 34.7 Å². The van der Waals surface area contributed by atoms with Gasteiger partial charge in [-0.2, -0.15) is 5.10 Å². The molecule has 3 aromatic rings. The number of methoxy groups -OCH3 is 1. The van der Waals surface area contributed by atoms with Crippen molar-refractivity contribution in [2.45, 2.75) is 32.7 Å². The number of esters is 1. The van der Waals surface area contributed by atoms with Crippen molar-refractivity contribution in [1.29, 1.82) is 0 Å². The highest BCUT2D eigenvalue weighted by molar-refractivity contribution is 5.95. The van der Waals surface area contributed by atoms with Gasteiger partial charge in [0, 0.05) is 5.70 Å². The Bertz CT molecular complexity index is 1440. The summed E-state index contributed by atoms with van der Waals surface area (Å²) in [5.41, 5.74) is 5.76. The van der Waals surface area contributed by atoms with Gasteiger partial charge in [-0.1, -0.05) is 48.5 Å². The Kier molecular flexibility index (Phi) is 10.4. The first-order chi connectivity index (χ1) is 20.4. The number of urea groups is 1. The SMILES string of the molecule is CCOc1cc([C@@H]2NC(=O)NC(C)=C2C(=O)OC)ccc1OC[C@@H](O)N/N=C/c1cccc(OCc2ccccc2)c1. The van der Waals surface area contributed by atoms with Gasteiger partial charge in [0.25, 0.3) is 0 Å². The molecule has 0 saturated carbocycles. The molecule has 220 valence electrons. The summed E-state index contributed by atoms with van der Waals surface area (Å²) < 4.78 is 22.3. The number of hydrogen-bond donors (Lipinski definition) is 4. The van der Waals surface area contributed by atoms with Crippen molar-refractivity contribution >= 4 is 18.2 Å². The maximum atomic E-state index is 12.4. The number of hydrazone groups is 1. The van der Waals surface area contributed by atoms with Gasteiger partial charge in [-0.05, 0) is 54.8 Å². The highest BCUT2D eigenvalue weighted by Crippen LogP contribution is 2.35. The summed E-state index contributed by atoms with van der Waals surface area (Å²) in [6.45, 7) is 4.12. The highest BCUT2D eigenvalue weighted by atomic mass is 16.5. The second-order valence-corrected chi connectivity index (χ2v) is 9.26. The Morgan fingerprint density at radius 1 is 1.05 bits per heavy atom. The summed E-state index contributed by atoms with van der Waals surface area (Å²) in [7, 11) is 1.28. The van der Waals surface area contributed by atoms with Gasteiger partial charge in [0.15, 0.2) is 17.7 Å². The van der Waals surface area contributed by atoms with Crippen LogP contribution >= 0.6 is 0 Å². The summed E-state index contributed by atoms with van der Waals surface area (Å²) in [4.78, 5) is 24.5. The van der Waals surface area contributed by atoms with E-state index in [0.29, 0.717) is 41.7 Å². The first kappa shape index (κ1) is 29.9. The van der Waals surface area contributed by atoms with Crippen LogP contribution in [-0.4, -0.2) is 49.9 Å². The zero-order chi connectivity index (χ0) is 29.9. The summed E-state index contributed by atoms with van der Waals surface area (Å²) in [6, 6.07) is 21.2. The van der Waals surface area contributed by atoms with Crippen LogP contribution in [0.4, 0.5) is 4.79 Å². The van der Waals surface area contributed by atoms with E-state index >= 15 is 0 Å². The molecule has 1 aliphatic rings. The quantitative estimate of drug-likeness (QED) is 0.105. The molecule has 0 radical (unpaired) electrons. The van der Waals surface area contributed by atoms with Crippen LogP contribution in [0.5, 0.6) is 17.2 Å². The van der Waals surface area contributed by atoms with Gasteiger partial charge in [-0.3, -0.25) is 5.43 Å². The number of rotatable bonds is 13. The number of benzene rings is 3. The second-order valence-electron chi connectivity index (χ2n) is 9.26. The molecule has 0 fully saturated rings. The number of ether oxygens (including phenoxy) is 4. The van der Waals surface area contributed by atoms with Crippen molar-refractivity contribution in [3.63, 3.8) is 0 Å². The Hall–Kier alpha value is -5.03. The number of carbonyl (C=O) groups excluding carboxylic acids is 2. The Labute approximate surface area is 244 Å². The van der Waals surface area contributed by atoms with Crippen molar-refractivity contribution in [3.8, 4) is 17.2 Å². The highest BCUT2D eigenvalue weighted by Gasteiger charge is 2.32. The van der Waals surface area contributed by atoms with E-state index in [1.807, 2.05) is 61.5 Å². The molecule has 0 saturated heterocycles. The third kappa shape index (κ3) is 8.01. The van der Waals surface area contributed by atoms with Crippen molar-refractivity contribution in [1.82, 2.24) is 16.1 Å². The Morgan fingerprint density at radius 3 is 2.62 bits per heavy atom. The van der Waals surface area contributed by atoms with Crippen LogP contribution in [-0.2, 0) is 16.1 Å². The van der Waals surface area contributed by atoms with E-state index in [4.69, 9.17) is 18.9 Å². The average molecular weight is 575 g/mol. The summed E-state index contributed by atoms with van der Waals surface area (Å²) in [6.07, 6.45) is 0.453. The number of allylic oxidation sites excluding steroid dienone is 1. The molecular formula is C31H34N4O7. The zero-order valence-corrected chi connectivity index (χ0v) is 23.6. The minimum absolute atomic E-state index is 0.131. The molecule has 0 aromatic heterocycles. The number of aliphatic hydroxyl groups is 1. The Balaban J connectivity index is 1.36. The fourth-order valence-corrected chi connectivity index (χ4v) is 4.25. The minimum atomic E-state index is -1.12. The van der Waals surface area contributed by atoms with Crippen LogP contribution in [0, 0.1) is 0 Å². The predicted octanol–water partition coefficient (Wildman–Crippen LogP) is 3.79. The predicted molar refractivity (Wildman–Crippen MR) is 156 cm³/mol. The van der Waals surface area contributed by atoms with Gasteiger partial charge in [0.2, 0.25) is 0 Å². The lowest BCUT2D eigenvalue weighted by Crippen LogP contribution is -2.45. The molecular weight excluding hydrogens is 540 g/mol. The van der Waals surface area contributed by atoms with Gasteiger partial charge in [0.05, 0.1) is 31.5 Å². The third-order valence-corrected chi connectivity index (χ3v) is 6.22. The summed E-state index contributed by atoms with van der Waals surface area (Å²) in [5, 5.41) is 19.8. The van der Waals surface area contributed by atoms with Gasteiger partial charge in [0.1, 0.15) is 19.0 Å². The normalized spacial score (nSPS) is 15.4. The summed E-state index contributed by atoms with van der Waals surface area (Å²) in [5.74, 6) is 0.887. The van der Waals surface area contributed by atoms with Crippen LogP contribution < -0.4 is 30.3 Å². The van der Waals surface area contributed by atoms with Crippen LogP contribution in [0.3, 0.4) is 0 Å². The number of carbonyl (C=O) groups is 2. The molecule has 0 spiro atoms. The first-order valence-electron chi connectivity index (χ1n) is 13.4. The molecule has 2 atom stereocenters. The zero-order valence-electron chi connectivity index (χ0n) is 23.6. The van der Waals surface area contributed by atoms with Crippen molar-refractivity contribution in [2.24, 2.45) is 5.10 Å². The van der Waals surface area contributed by atoms with E-state index in [9.17, 15) is 14.7 Å². The molecule has 3 aromatic carbocycles. The molecule has 11 heteroatoms. The average Bonchev–Trinajstić information content (AvgIpc) is 2.99. The lowest BCUT2D eigenvalue weighted by Gasteiger charge is -2.28. The fourth-order valence-electron chi connectivity index (χ4n) is 4.25. The number of amides is 2. The lowest BCUT2D eigenvalue weighted by atomic mass is 9.95. The van der Waals surface area contributed by atoms with Gasteiger partial charge in [-0.25, -0.2) is 9.59 Å². The van der Waals surface area contributed by atoms with E-state index in [2.05, 4.69) is 21.2 Å². The van der Waals surface area contributed by atoms with Crippen LogP contribution in [0.2, 0.25) is 0 Å². The van der Waals surface area contributed by atoms with E-state index in [1.165, 1.54) is 7.11 Å². The summed E-state index contributed by atoms with van der Waals surface area (Å²) >= 11 is 0. The Morgan fingerprint density at radius 2 is 1.86 bits per heavy atom. The fraction of sp³-hybridized carbons (Fsp3) is 0.258. The topological polar surface area (TPSA) is 140 Å². The minimum Gasteiger partial charge on any atom is -0.490 e. The molecule has 11 nitrogen and oxygen atoms in total. The molecule has 4 rings (SSSR count). The van der Waals surface area contributed by atoms with E-state index in [0.717, 1.165) is 11.1 Å². The van der Waals surface area contributed by atoms with Crippen molar-refractivity contribution in [3.05, 3.63) is 101 Å². The number of aliphatic hydroxyl groups excluding tert-OH is 1. The molecule has 0 unspecified atom stereocenters. The monoisotopic (exact) mass is 574 g/mol. The molecule has 4 N–H and O–H groups in total. The van der Waals surface area contributed by atoms with Crippen molar-refractivity contribution in [2.75, 3.05) is 20.3 Å². The molecule has 0 bridgehead atoms. The molecule has 2 amide bonds.